The van der Waals surface area contributed by atoms with Crippen molar-refractivity contribution in [1.82, 2.24) is 9.62 Å². The minimum Gasteiger partial charge on any atom is -0.465 e. The van der Waals surface area contributed by atoms with E-state index in [2.05, 4.69) is 10.1 Å². The Labute approximate surface area is 189 Å². The van der Waals surface area contributed by atoms with E-state index in [1.165, 1.54) is 7.11 Å². The van der Waals surface area contributed by atoms with Gasteiger partial charge in [0.1, 0.15) is 17.1 Å². The number of carbonyl (C=O) groups is 2. The van der Waals surface area contributed by atoms with Gasteiger partial charge < -0.3 is 14.5 Å². The average Bonchev–Trinajstić information content (AvgIpc) is 2.98. The summed E-state index contributed by atoms with van der Waals surface area (Å²) in [5, 5.41) is 2.76. The van der Waals surface area contributed by atoms with Crippen molar-refractivity contribution >= 4 is 21.9 Å². The predicted octanol–water partition coefficient (Wildman–Crippen LogP) is 3.19. The van der Waals surface area contributed by atoms with Gasteiger partial charge in [0.2, 0.25) is 15.9 Å². The number of hydrogen-bond acceptors (Lipinski definition) is 6. The molecule has 0 saturated carbocycles. The summed E-state index contributed by atoms with van der Waals surface area (Å²) >= 11 is 0. The molecule has 174 valence electrons. The van der Waals surface area contributed by atoms with Crippen molar-refractivity contribution < 1.29 is 27.2 Å². The van der Waals surface area contributed by atoms with Crippen LogP contribution in [-0.2, 0) is 32.5 Å². The van der Waals surface area contributed by atoms with Gasteiger partial charge in [-0.2, -0.15) is 4.31 Å². The van der Waals surface area contributed by atoms with Crippen molar-refractivity contribution in [3.8, 4) is 0 Å². The molecule has 3 rings (SSSR count). The van der Waals surface area contributed by atoms with Gasteiger partial charge in [0, 0.05) is 19.5 Å². The van der Waals surface area contributed by atoms with E-state index < -0.39 is 16.0 Å². The molecule has 0 atom stereocenters. The summed E-state index contributed by atoms with van der Waals surface area (Å²) in [6, 6.07) is 8.32. The highest BCUT2D eigenvalue weighted by molar-refractivity contribution is 7.89. The van der Waals surface area contributed by atoms with Gasteiger partial charge in [-0.25, -0.2) is 13.2 Å². The monoisotopic (exact) mass is 462 g/mol. The smallest absolute Gasteiger partial charge is 0.341 e. The Morgan fingerprint density at radius 1 is 1.09 bits per heavy atom. The number of methoxy groups -OCH3 is 1. The molecular weight excluding hydrogens is 432 g/mol. The van der Waals surface area contributed by atoms with Gasteiger partial charge in [-0.1, -0.05) is 25.0 Å². The second-order valence-electron chi connectivity index (χ2n) is 7.91. The minimum absolute atomic E-state index is 0.167. The second kappa shape index (κ2) is 10.8. The molecule has 32 heavy (non-hydrogen) atoms. The molecule has 0 radical (unpaired) electrons. The number of amides is 1. The largest absolute Gasteiger partial charge is 0.465 e. The van der Waals surface area contributed by atoms with E-state index in [-0.39, 0.29) is 18.9 Å². The van der Waals surface area contributed by atoms with Crippen LogP contribution in [0, 0.1) is 6.92 Å². The molecule has 0 bridgehead atoms. The van der Waals surface area contributed by atoms with E-state index in [1.807, 2.05) is 0 Å². The van der Waals surface area contributed by atoms with Gasteiger partial charge in [-0.05, 0) is 49.9 Å². The molecule has 8 nitrogen and oxygen atoms in total. The van der Waals surface area contributed by atoms with E-state index in [1.54, 1.807) is 41.6 Å². The predicted molar refractivity (Wildman–Crippen MR) is 119 cm³/mol. The third-order valence-electron chi connectivity index (χ3n) is 5.60. The Bertz CT molecular complexity index is 1030. The van der Waals surface area contributed by atoms with Gasteiger partial charge >= 0.3 is 5.97 Å². The Balaban J connectivity index is 1.50. The topological polar surface area (TPSA) is 106 Å². The second-order valence-corrected chi connectivity index (χ2v) is 9.85. The lowest BCUT2D eigenvalue weighted by atomic mass is 10.1. The maximum absolute atomic E-state index is 12.8. The minimum atomic E-state index is -3.47. The lowest BCUT2D eigenvalue weighted by Crippen LogP contribution is -2.31. The zero-order valence-electron chi connectivity index (χ0n) is 18.6. The van der Waals surface area contributed by atoms with Crippen LogP contribution in [0.5, 0.6) is 0 Å². The molecule has 1 saturated heterocycles. The number of benzene rings is 1. The average molecular weight is 463 g/mol. The van der Waals surface area contributed by atoms with E-state index in [0.29, 0.717) is 41.5 Å². The van der Waals surface area contributed by atoms with Crippen LogP contribution in [0.15, 0.2) is 39.6 Å². The standard InChI is InChI=1S/C23H30N2O6S/c1-17-21(23(27)30-2)15-19(31-17)16-24-22(26)12-9-18-7-10-20(11-8-18)32(28,29)25-13-5-3-4-6-14-25/h7-8,10-11,15H,3-6,9,12-14,16H2,1-2H3,(H,24,26). The Morgan fingerprint density at radius 2 is 1.75 bits per heavy atom. The van der Waals surface area contributed by atoms with Crippen molar-refractivity contribution in [3.63, 3.8) is 0 Å². The molecule has 1 aliphatic rings. The molecule has 1 amide bonds. The number of ether oxygens (including phenoxy) is 1. The molecule has 1 N–H and O–H groups in total. The highest BCUT2D eigenvalue weighted by Gasteiger charge is 2.25. The molecule has 2 heterocycles. The van der Waals surface area contributed by atoms with Crippen LogP contribution in [0.2, 0.25) is 0 Å². The van der Waals surface area contributed by atoms with Gasteiger partial charge in [0.25, 0.3) is 0 Å². The van der Waals surface area contributed by atoms with Crippen LogP contribution in [0.1, 0.15) is 59.5 Å². The van der Waals surface area contributed by atoms with Gasteiger partial charge in [-0.15, -0.1) is 0 Å². The highest BCUT2D eigenvalue weighted by Crippen LogP contribution is 2.21. The summed E-state index contributed by atoms with van der Waals surface area (Å²) < 4.78 is 37.4. The summed E-state index contributed by atoms with van der Waals surface area (Å²) in [7, 11) is -2.17. The zero-order chi connectivity index (χ0) is 23.1. The lowest BCUT2D eigenvalue weighted by Gasteiger charge is -2.20. The fourth-order valence-corrected chi connectivity index (χ4v) is 5.25. The number of carbonyl (C=O) groups excluding carboxylic acids is 2. The van der Waals surface area contributed by atoms with Crippen LogP contribution in [0.3, 0.4) is 0 Å². The molecule has 1 aromatic carbocycles. The molecule has 0 unspecified atom stereocenters. The molecular formula is C23H30N2O6S. The van der Waals surface area contributed by atoms with E-state index in [0.717, 1.165) is 31.2 Å². The lowest BCUT2D eigenvalue weighted by molar-refractivity contribution is -0.121. The van der Waals surface area contributed by atoms with Crippen molar-refractivity contribution in [2.75, 3.05) is 20.2 Å². The third kappa shape index (κ3) is 5.98. The molecule has 1 aliphatic heterocycles. The third-order valence-corrected chi connectivity index (χ3v) is 7.51. The van der Waals surface area contributed by atoms with Crippen LogP contribution in [0.25, 0.3) is 0 Å². The first-order chi connectivity index (χ1) is 15.3. The summed E-state index contributed by atoms with van der Waals surface area (Å²) in [5.74, 6) is 0.265. The summed E-state index contributed by atoms with van der Waals surface area (Å²) in [5.41, 5.74) is 1.23. The molecule has 9 heteroatoms. The maximum Gasteiger partial charge on any atom is 0.341 e. The SMILES string of the molecule is COC(=O)c1cc(CNC(=O)CCc2ccc(S(=O)(=O)N3CCCCCC3)cc2)oc1C. The van der Waals surface area contributed by atoms with Crippen LogP contribution in [0.4, 0.5) is 0 Å². The summed E-state index contributed by atoms with van der Waals surface area (Å²) in [4.78, 5) is 24.1. The first-order valence-corrected chi connectivity index (χ1v) is 12.3. The number of esters is 1. The van der Waals surface area contributed by atoms with Crippen LogP contribution < -0.4 is 5.32 Å². The van der Waals surface area contributed by atoms with E-state index >= 15 is 0 Å². The van der Waals surface area contributed by atoms with Gasteiger partial charge in [-0.3, -0.25) is 4.79 Å². The zero-order valence-corrected chi connectivity index (χ0v) is 19.4. The molecule has 2 aromatic rings. The number of furan rings is 1. The Hall–Kier alpha value is -2.65. The number of rotatable bonds is 8. The number of hydrogen-bond donors (Lipinski definition) is 1. The fraction of sp³-hybridized carbons (Fsp3) is 0.478. The normalized spacial score (nSPS) is 15.2. The van der Waals surface area contributed by atoms with Crippen molar-refractivity contribution in [1.29, 1.82) is 0 Å². The number of aryl methyl sites for hydroxylation is 2. The van der Waals surface area contributed by atoms with Crippen molar-refractivity contribution in [3.05, 3.63) is 53.0 Å². The van der Waals surface area contributed by atoms with Crippen molar-refractivity contribution in [2.24, 2.45) is 0 Å². The molecule has 1 fully saturated rings. The first-order valence-electron chi connectivity index (χ1n) is 10.8. The fourth-order valence-electron chi connectivity index (χ4n) is 3.73. The van der Waals surface area contributed by atoms with Crippen molar-refractivity contribution in [2.45, 2.75) is 56.9 Å². The summed E-state index contributed by atoms with van der Waals surface area (Å²) in [6.45, 7) is 2.97. The molecule has 0 spiro atoms. The first kappa shape index (κ1) is 24.0. The Kier molecular flexibility index (Phi) is 8.09. The van der Waals surface area contributed by atoms with E-state index in [4.69, 9.17) is 4.42 Å². The molecule has 1 aromatic heterocycles. The Morgan fingerprint density at radius 3 is 2.38 bits per heavy atom. The number of nitrogens with one attached hydrogen (secondary N) is 1. The number of nitrogens with zero attached hydrogens (tertiary/aromatic N) is 1. The van der Waals surface area contributed by atoms with Crippen LogP contribution in [-0.4, -0.2) is 44.8 Å². The maximum atomic E-state index is 12.8. The highest BCUT2D eigenvalue weighted by atomic mass is 32.2. The summed E-state index contributed by atoms with van der Waals surface area (Å²) in [6.07, 6.45) is 4.67. The van der Waals surface area contributed by atoms with Gasteiger partial charge in [0.15, 0.2) is 0 Å². The molecule has 0 aliphatic carbocycles. The van der Waals surface area contributed by atoms with Crippen LogP contribution >= 0.6 is 0 Å². The van der Waals surface area contributed by atoms with E-state index in [9.17, 15) is 18.0 Å². The van der Waals surface area contributed by atoms with Gasteiger partial charge in [0.05, 0.1) is 18.6 Å². The number of sulfonamides is 1. The quantitative estimate of drug-likeness (QED) is 0.604.